The largest absolute Gasteiger partial charge is 0.490 e. The maximum absolute atomic E-state index is 13.2. The molecule has 2 aliphatic rings. The number of fused-ring (bicyclic) bond motifs is 1. The van der Waals surface area contributed by atoms with Gasteiger partial charge in [-0.2, -0.15) is 26.3 Å². The number of pyridine rings is 1. The number of nitrogens with one attached hydrogen (secondary N) is 2. The first-order valence-corrected chi connectivity index (χ1v) is 16.2. The molecule has 1 aliphatic heterocycles. The lowest BCUT2D eigenvalue weighted by molar-refractivity contribution is -0.193. The first-order valence-electron chi connectivity index (χ1n) is 15.8. The number of carbonyl (C=O) groups is 4. The lowest BCUT2D eigenvalue weighted by Crippen LogP contribution is -2.56. The number of thiocarbonyl (C=S) groups is 1. The van der Waals surface area contributed by atoms with Crippen LogP contribution in [0, 0.1) is 12.8 Å². The highest BCUT2D eigenvalue weighted by atomic mass is 32.1. The fourth-order valence-corrected chi connectivity index (χ4v) is 5.58. The summed E-state index contributed by atoms with van der Waals surface area (Å²) in [6, 6.07) is 16.5. The van der Waals surface area contributed by atoms with Crippen molar-refractivity contribution in [3.05, 3.63) is 95.2 Å². The molecule has 0 radical (unpaired) electrons. The Kier molecular flexibility index (Phi) is 15.2. The maximum atomic E-state index is 13.2. The SMILES string of the molecule is Cc1cc(COc2ccc(C(=O)N[C@@H]3CN(CC4=CC(=S)CC=C4)CC[C@@H]3C(=O)NO)cc2)c2ccccc2n1.O=C(O)C(F)(F)F.O=C(O)C(F)(F)F. The number of alkyl halides is 6. The molecule has 0 unspecified atom stereocenters. The van der Waals surface area contributed by atoms with E-state index < -0.39 is 42.2 Å². The molecule has 1 saturated heterocycles. The second-order valence-corrected chi connectivity index (χ2v) is 12.4. The molecule has 0 bridgehead atoms. The standard InChI is InChI=1S/C31H32N4O4S.2C2HF3O2/c1-20-15-23(26-7-2-3-8-28(26)32-20)19-39-24-11-9-22(10-12-24)30(36)33-29-18-35(14-13-27(29)31(37)34-38)17-21-5-4-6-25(40)16-21;2*3-2(4,5)1(6)7/h2-5,7-12,15-16,27,29,38H,6,13-14,17-19H2,1H3,(H,33,36)(H,34,37);2*(H,6,7)/t27-,29+;;/m0../s1. The number of aromatic nitrogens is 1. The van der Waals surface area contributed by atoms with Gasteiger partial charge in [0.2, 0.25) is 5.91 Å². The zero-order chi connectivity index (χ0) is 40.2. The summed E-state index contributed by atoms with van der Waals surface area (Å²) in [6.07, 6.45) is -2.75. The number of carboxylic acid groups (broad SMARTS) is 2. The minimum atomic E-state index is -5.08. The van der Waals surface area contributed by atoms with Crippen LogP contribution in [0.15, 0.2) is 78.4 Å². The number of para-hydroxylation sites is 1. The van der Waals surface area contributed by atoms with Gasteiger partial charge in [-0.1, -0.05) is 42.6 Å². The van der Waals surface area contributed by atoms with Crippen LogP contribution in [0.5, 0.6) is 5.75 Å². The number of aryl methyl sites for hydroxylation is 1. The summed E-state index contributed by atoms with van der Waals surface area (Å²) in [6.45, 7) is 4.16. The smallest absolute Gasteiger partial charge is 0.489 e. The van der Waals surface area contributed by atoms with Crippen LogP contribution in [0.2, 0.25) is 0 Å². The molecule has 1 aromatic heterocycles. The minimum Gasteiger partial charge on any atom is -0.489 e. The summed E-state index contributed by atoms with van der Waals surface area (Å²) >= 11 is 5.33. The fraction of sp³-hybridized carbons (Fsp3) is 0.314. The number of likely N-dealkylation sites (tertiary alicyclic amines) is 1. The molecule has 2 amide bonds. The Morgan fingerprint density at radius 1 is 0.981 bits per heavy atom. The third kappa shape index (κ3) is 13.2. The van der Waals surface area contributed by atoms with E-state index in [9.17, 15) is 41.1 Å². The fourth-order valence-electron chi connectivity index (χ4n) is 5.33. The summed E-state index contributed by atoms with van der Waals surface area (Å²) in [4.78, 5) is 51.0. The van der Waals surface area contributed by atoms with Gasteiger partial charge in [-0.15, -0.1) is 0 Å². The van der Waals surface area contributed by atoms with Crippen molar-refractivity contribution in [3.8, 4) is 5.75 Å². The lowest BCUT2D eigenvalue weighted by atomic mass is 9.90. The van der Waals surface area contributed by atoms with Gasteiger partial charge in [0.1, 0.15) is 12.4 Å². The van der Waals surface area contributed by atoms with Crippen molar-refractivity contribution in [1.29, 1.82) is 0 Å². The zero-order valence-corrected chi connectivity index (χ0v) is 29.1. The predicted molar refractivity (Wildman–Crippen MR) is 185 cm³/mol. The van der Waals surface area contributed by atoms with Crippen LogP contribution in [0.25, 0.3) is 10.9 Å². The number of benzene rings is 2. The quantitative estimate of drug-likeness (QED) is 0.0835. The number of hydrogen-bond donors (Lipinski definition) is 5. The molecule has 1 aliphatic carbocycles. The first-order chi connectivity index (χ1) is 25.3. The number of carbonyl (C=O) groups excluding carboxylic acids is 2. The van der Waals surface area contributed by atoms with Gasteiger partial charge < -0.3 is 20.3 Å². The number of hydroxylamine groups is 1. The average Bonchev–Trinajstić information content (AvgIpc) is 3.10. The summed E-state index contributed by atoms with van der Waals surface area (Å²) in [5.74, 6) is -6.19. The van der Waals surface area contributed by atoms with E-state index in [0.717, 1.165) is 39.0 Å². The Morgan fingerprint density at radius 3 is 2.17 bits per heavy atom. The first kappa shape index (κ1) is 43.0. The van der Waals surface area contributed by atoms with E-state index in [-0.39, 0.29) is 5.91 Å². The molecule has 0 spiro atoms. The molecule has 2 atom stereocenters. The van der Waals surface area contributed by atoms with Crippen LogP contribution in [-0.2, 0) is 21.0 Å². The molecule has 5 N–H and O–H groups in total. The van der Waals surface area contributed by atoms with Crippen molar-refractivity contribution >= 4 is 51.7 Å². The second-order valence-electron chi connectivity index (χ2n) is 11.8. The number of aliphatic carboxylic acids is 2. The van der Waals surface area contributed by atoms with E-state index in [0.29, 0.717) is 44.0 Å². The van der Waals surface area contributed by atoms with Crippen molar-refractivity contribution in [1.82, 2.24) is 20.7 Å². The van der Waals surface area contributed by atoms with Crippen molar-refractivity contribution in [3.63, 3.8) is 0 Å². The molecule has 290 valence electrons. The summed E-state index contributed by atoms with van der Waals surface area (Å²) in [5, 5.41) is 27.6. The minimum absolute atomic E-state index is 0.289. The van der Waals surface area contributed by atoms with Crippen LogP contribution in [-0.4, -0.2) is 92.0 Å². The van der Waals surface area contributed by atoms with Gasteiger partial charge in [-0.25, -0.2) is 15.1 Å². The number of nitrogens with zero attached hydrogens (tertiary/aromatic N) is 2. The highest BCUT2D eigenvalue weighted by Crippen LogP contribution is 2.23. The van der Waals surface area contributed by atoms with E-state index in [2.05, 4.69) is 27.4 Å². The third-order valence-corrected chi connectivity index (χ3v) is 8.07. The Labute approximate surface area is 309 Å². The Bertz CT molecular complexity index is 1880. The number of ether oxygens (including phenoxy) is 1. The topological polar surface area (TPSA) is 178 Å². The van der Waals surface area contributed by atoms with Crippen LogP contribution in [0.3, 0.4) is 0 Å². The number of rotatable bonds is 8. The normalized spacial score (nSPS) is 17.2. The number of halogens is 6. The molecular formula is C35H34F6N4O8S. The molecule has 2 aromatic carbocycles. The van der Waals surface area contributed by atoms with E-state index in [1.165, 1.54) is 0 Å². The summed E-state index contributed by atoms with van der Waals surface area (Å²) in [7, 11) is 0. The highest BCUT2D eigenvalue weighted by Gasteiger charge is 2.39. The summed E-state index contributed by atoms with van der Waals surface area (Å²) < 4.78 is 69.5. The molecule has 5 rings (SSSR count). The van der Waals surface area contributed by atoms with Crippen molar-refractivity contribution in [2.75, 3.05) is 19.6 Å². The number of hydrogen-bond acceptors (Lipinski definition) is 9. The number of carboxylic acids is 2. The highest BCUT2D eigenvalue weighted by molar-refractivity contribution is 7.80. The van der Waals surface area contributed by atoms with Gasteiger partial charge in [-0.3, -0.25) is 24.7 Å². The van der Waals surface area contributed by atoms with Crippen LogP contribution >= 0.6 is 12.2 Å². The maximum Gasteiger partial charge on any atom is 0.490 e. The summed E-state index contributed by atoms with van der Waals surface area (Å²) in [5.41, 5.74) is 6.22. The van der Waals surface area contributed by atoms with Crippen LogP contribution in [0.4, 0.5) is 26.3 Å². The Morgan fingerprint density at radius 2 is 1.59 bits per heavy atom. The Hall–Kier alpha value is -5.40. The van der Waals surface area contributed by atoms with Crippen molar-refractivity contribution in [2.45, 2.75) is 44.8 Å². The van der Waals surface area contributed by atoms with Gasteiger partial charge in [0.25, 0.3) is 5.91 Å². The van der Waals surface area contributed by atoms with Crippen molar-refractivity contribution < 1.29 is 65.7 Å². The second kappa shape index (κ2) is 19.1. The van der Waals surface area contributed by atoms with E-state index in [4.69, 9.17) is 36.8 Å². The van der Waals surface area contributed by atoms with Crippen LogP contribution in [0.1, 0.15) is 34.5 Å². The molecule has 0 saturated carbocycles. The zero-order valence-electron chi connectivity index (χ0n) is 28.3. The molecular weight excluding hydrogens is 750 g/mol. The van der Waals surface area contributed by atoms with E-state index in [1.54, 1.807) is 29.7 Å². The molecule has 2 heterocycles. The van der Waals surface area contributed by atoms with Crippen LogP contribution < -0.4 is 15.5 Å². The molecule has 1 fully saturated rings. The Balaban J connectivity index is 0.000000476. The van der Waals surface area contributed by atoms with E-state index >= 15 is 0 Å². The third-order valence-electron chi connectivity index (χ3n) is 7.79. The molecule has 12 nitrogen and oxygen atoms in total. The average molecular weight is 785 g/mol. The molecule has 54 heavy (non-hydrogen) atoms. The molecule has 19 heteroatoms. The number of allylic oxidation sites excluding steroid dienone is 2. The monoisotopic (exact) mass is 784 g/mol. The van der Waals surface area contributed by atoms with Gasteiger partial charge in [0, 0.05) is 46.6 Å². The lowest BCUT2D eigenvalue weighted by Gasteiger charge is -2.38. The van der Waals surface area contributed by atoms with Gasteiger partial charge in [0.15, 0.2) is 0 Å². The van der Waals surface area contributed by atoms with Gasteiger partial charge in [-0.05, 0) is 67.9 Å². The molecule has 3 aromatic rings. The van der Waals surface area contributed by atoms with Gasteiger partial charge >= 0.3 is 24.3 Å². The predicted octanol–water partition coefficient (Wildman–Crippen LogP) is 5.57. The van der Waals surface area contributed by atoms with Gasteiger partial charge in [0.05, 0.1) is 17.5 Å². The number of amides is 2. The van der Waals surface area contributed by atoms with E-state index in [1.807, 2.05) is 43.3 Å². The van der Waals surface area contributed by atoms with Crippen molar-refractivity contribution in [2.24, 2.45) is 5.92 Å². The number of piperidine rings is 1.